The van der Waals surface area contributed by atoms with Gasteiger partial charge >= 0.3 is 0 Å². The van der Waals surface area contributed by atoms with Crippen molar-refractivity contribution >= 4 is 72.1 Å². The molecule has 0 N–H and O–H groups in total. The number of benzene rings is 4. The summed E-state index contributed by atoms with van der Waals surface area (Å²) in [6, 6.07) is 35.7. The predicted molar refractivity (Wildman–Crippen MR) is 152 cm³/mol. The second-order valence-electron chi connectivity index (χ2n) is 8.63. The van der Waals surface area contributed by atoms with E-state index in [-0.39, 0.29) is 0 Å². The maximum absolute atomic E-state index is 6.65. The average molecular weight is 486 g/mol. The normalized spacial score (nSPS) is 13.5. The fourth-order valence-electron chi connectivity index (χ4n) is 5.18. The molecule has 0 spiro atoms. The number of para-hydroxylation sites is 2. The van der Waals surface area contributed by atoms with Crippen LogP contribution < -0.4 is 15.9 Å². The van der Waals surface area contributed by atoms with E-state index < -0.39 is 6.04 Å². The van der Waals surface area contributed by atoms with Gasteiger partial charge in [-0.1, -0.05) is 103 Å². The summed E-state index contributed by atoms with van der Waals surface area (Å²) in [5.74, 6) is 0. The molecule has 0 amide bonds. The SMILES string of the molecule is S=P(c1ccccc1)(c1cccnc1)c1cccc2c1nc1c3ccccc3c3ccccc3n21. The largest absolute Gasteiger partial charge is 0.292 e. The first kappa shape index (κ1) is 20.5. The number of imidazole rings is 1. The van der Waals surface area contributed by atoms with E-state index in [0.29, 0.717) is 0 Å². The van der Waals surface area contributed by atoms with Gasteiger partial charge in [0.2, 0.25) is 0 Å². The number of hydrogen-bond acceptors (Lipinski definition) is 3. The lowest BCUT2D eigenvalue weighted by Gasteiger charge is -2.23. The summed E-state index contributed by atoms with van der Waals surface area (Å²) in [7, 11) is 0. The van der Waals surface area contributed by atoms with Crippen LogP contribution in [0, 0.1) is 0 Å². The molecule has 0 bridgehead atoms. The molecule has 5 heteroatoms. The summed E-state index contributed by atoms with van der Waals surface area (Å²) in [5.41, 5.74) is 4.15. The number of aromatic nitrogens is 3. The highest BCUT2D eigenvalue weighted by Gasteiger charge is 2.29. The fourth-order valence-corrected chi connectivity index (χ4v) is 9.04. The smallest absolute Gasteiger partial charge is 0.146 e. The molecule has 0 saturated carbocycles. The third-order valence-electron chi connectivity index (χ3n) is 6.74. The van der Waals surface area contributed by atoms with Crippen LogP contribution in [-0.2, 0) is 11.8 Å². The van der Waals surface area contributed by atoms with Crippen LogP contribution in [0.25, 0.3) is 38.4 Å². The van der Waals surface area contributed by atoms with Gasteiger partial charge in [-0.15, -0.1) is 0 Å². The molecule has 0 saturated heterocycles. The average Bonchev–Trinajstić information content (AvgIpc) is 3.34. The monoisotopic (exact) mass is 485 g/mol. The van der Waals surface area contributed by atoms with Crippen molar-refractivity contribution in [3.8, 4) is 0 Å². The Morgan fingerprint density at radius 1 is 0.600 bits per heavy atom. The van der Waals surface area contributed by atoms with Crippen molar-refractivity contribution in [2.24, 2.45) is 0 Å². The van der Waals surface area contributed by atoms with Gasteiger partial charge in [-0.25, -0.2) is 4.98 Å². The van der Waals surface area contributed by atoms with Crippen LogP contribution in [0.15, 0.2) is 122 Å². The molecule has 3 nitrogen and oxygen atoms in total. The fraction of sp³-hybridized carbons (Fsp3) is 0. The number of fused-ring (bicyclic) bond motifs is 8. The Labute approximate surface area is 207 Å². The minimum Gasteiger partial charge on any atom is -0.292 e. The lowest BCUT2D eigenvalue weighted by atomic mass is 10.1. The molecular formula is C30H20N3PS. The first-order chi connectivity index (χ1) is 17.3. The van der Waals surface area contributed by atoms with Crippen LogP contribution in [0.1, 0.15) is 0 Å². The highest BCUT2D eigenvalue weighted by molar-refractivity contribution is 8.25. The summed E-state index contributed by atoms with van der Waals surface area (Å²) in [4.78, 5) is 9.76. The van der Waals surface area contributed by atoms with Crippen molar-refractivity contribution in [1.29, 1.82) is 0 Å². The van der Waals surface area contributed by atoms with Crippen LogP contribution in [-0.4, -0.2) is 14.4 Å². The zero-order valence-corrected chi connectivity index (χ0v) is 20.5. The minimum absolute atomic E-state index is 0.961. The van der Waals surface area contributed by atoms with Gasteiger partial charge in [0, 0.05) is 39.8 Å². The van der Waals surface area contributed by atoms with Crippen LogP contribution in [0.2, 0.25) is 0 Å². The van der Waals surface area contributed by atoms with Crippen molar-refractivity contribution in [2.45, 2.75) is 0 Å². The van der Waals surface area contributed by atoms with E-state index in [1.165, 1.54) is 10.8 Å². The Bertz CT molecular complexity index is 1880. The van der Waals surface area contributed by atoms with Crippen LogP contribution >= 0.6 is 6.04 Å². The van der Waals surface area contributed by atoms with Gasteiger partial charge in [0.05, 0.1) is 16.6 Å². The molecule has 166 valence electrons. The van der Waals surface area contributed by atoms with E-state index in [1.54, 1.807) is 6.20 Å². The second kappa shape index (κ2) is 7.84. The molecule has 0 fully saturated rings. The molecular weight excluding hydrogens is 465 g/mol. The molecule has 4 aromatic carbocycles. The molecule has 7 rings (SSSR count). The number of pyridine rings is 2. The summed E-state index contributed by atoms with van der Waals surface area (Å²) in [5, 5.41) is 6.88. The van der Waals surface area contributed by atoms with E-state index in [1.807, 2.05) is 18.3 Å². The van der Waals surface area contributed by atoms with Gasteiger partial charge in [-0.2, -0.15) is 0 Å². The Morgan fingerprint density at radius 2 is 1.29 bits per heavy atom. The van der Waals surface area contributed by atoms with Crippen LogP contribution in [0.3, 0.4) is 0 Å². The van der Waals surface area contributed by atoms with E-state index in [9.17, 15) is 0 Å². The van der Waals surface area contributed by atoms with E-state index in [0.717, 1.165) is 43.5 Å². The summed E-state index contributed by atoms with van der Waals surface area (Å²) < 4.78 is 2.30. The molecule has 3 heterocycles. The zero-order valence-electron chi connectivity index (χ0n) is 18.7. The maximum Gasteiger partial charge on any atom is 0.146 e. The Hall–Kier alpha value is -3.85. The quantitative estimate of drug-likeness (QED) is 0.229. The van der Waals surface area contributed by atoms with Gasteiger partial charge in [0.1, 0.15) is 5.65 Å². The predicted octanol–water partition coefficient (Wildman–Crippen LogP) is 5.94. The maximum atomic E-state index is 6.65. The third-order valence-corrected chi connectivity index (χ3v) is 11.6. The summed E-state index contributed by atoms with van der Waals surface area (Å²) in [6.45, 7) is 0. The Morgan fingerprint density at radius 3 is 2.09 bits per heavy atom. The molecule has 7 aromatic rings. The zero-order chi connectivity index (χ0) is 23.4. The summed E-state index contributed by atoms with van der Waals surface area (Å²) >= 11 is 6.65. The molecule has 0 aliphatic rings. The Balaban J connectivity index is 1.68. The lowest BCUT2D eigenvalue weighted by Crippen LogP contribution is -2.25. The van der Waals surface area contributed by atoms with Gasteiger partial charge in [0.15, 0.2) is 0 Å². The topological polar surface area (TPSA) is 30.2 Å². The molecule has 0 aliphatic carbocycles. The van der Waals surface area contributed by atoms with E-state index >= 15 is 0 Å². The molecule has 35 heavy (non-hydrogen) atoms. The highest BCUT2D eigenvalue weighted by atomic mass is 32.4. The molecule has 0 aliphatic heterocycles. The first-order valence-corrected chi connectivity index (χ1v) is 14.3. The number of hydrogen-bond donors (Lipinski definition) is 0. The van der Waals surface area contributed by atoms with Crippen LogP contribution in [0.5, 0.6) is 0 Å². The van der Waals surface area contributed by atoms with Gasteiger partial charge < -0.3 is 0 Å². The third kappa shape index (κ3) is 2.94. The van der Waals surface area contributed by atoms with Crippen molar-refractivity contribution in [1.82, 2.24) is 14.4 Å². The van der Waals surface area contributed by atoms with Crippen molar-refractivity contribution in [3.63, 3.8) is 0 Å². The molecule has 3 aromatic heterocycles. The second-order valence-corrected chi connectivity index (χ2v) is 13.0. The number of rotatable bonds is 3. The lowest BCUT2D eigenvalue weighted by molar-refractivity contribution is 1.31. The van der Waals surface area contributed by atoms with Crippen molar-refractivity contribution < 1.29 is 0 Å². The first-order valence-electron chi connectivity index (χ1n) is 11.5. The molecule has 1 unspecified atom stereocenters. The van der Waals surface area contributed by atoms with Gasteiger partial charge in [0.25, 0.3) is 0 Å². The molecule has 1 atom stereocenters. The standard InChI is InChI=1S/C30H20N3PS/c35-34(21-10-2-1-3-11-21,22-12-9-19-31-20-22)28-18-8-17-27-29(28)32-30-25-15-5-4-13-23(25)24-14-6-7-16-26(24)33(27)30/h1-20H. The summed E-state index contributed by atoms with van der Waals surface area (Å²) in [6.07, 6.45) is 3.73. The van der Waals surface area contributed by atoms with E-state index in [4.69, 9.17) is 16.8 Å². The van der Waals surface area contributed by atoms with Crippen molar-refractivity contribution in [3.05, 3.63) is 122 Å². The highest BCUT2D eigenvalue weighted by Crippen LogP contribution is 2.45. The molecule has 0 radical (unpaired) electrons. The Kier molecular flexibility index (Phi) is 4.60. The van der Waals surface area contributed by atoms with E-state index in [2.05, 4.69) is 106 Å². The minimum atomic E-state index is -2.40. The van der Waals surface area contributed by atoms with Crippen LogP contribution in [0.4, 0.5) is 0 Å². The van der Waals surface area contributed by atoms with Gasteiger partial charge in [-0.05, 0) is 28.9 Å². The van der Waals surface area contributed by atoms with Crippen molar-refractivity contribution in [2.75, 3.05) is 0 Å². The number of nitrogens with zero attached hydrogens (tertiary/aromatic N) is 3. The van der Waals surface area contributed by atoms with Gasteiger partial charge in [-0.3, -0.25) is 9.38 Å².